The van der Waals surface area contributed by atoms with Crippen molar-refractivity contribution in [2.75, 3.05) is 6.61 Å². The van der Waals surface area contributed by atoms with Crippen molar-refractivity contribution in [1.82, 2.24) is 4.98 Å². The van der Waals surface area contributed by atoms with Gasteiger partial charge in [-0.3, -0.25) is 0 Å². The molecule has 0 aliphatic carbocycles. The first-order valence-corrected chi connectivity index (χ1v) is 5.40. The fourth-order valence-corrected chi connectivity index (χ4v) is 2.01. The van der Waals surface area contributed by atoms with E-state index in [0.29, 0.717) is 18.0 Å². The lowest BCUT2D eigenvalue weighted by molar-refractivity contribution is 0.0530. The molecule has 1 aromatic rings. The van der Waals surface area contributed by atoms with Crippen molar-refractivity contribution in [1.29, 1.82) is 0 Å². The van der Waals surface area contributed by atoms with E-state index in [4.69, 9.17) is 10.5 Å². The van der Waals surface area contributed by atoms with Crippen molar-refractivity contribution < 1.29 is 9.53 Å². The maximum atomic E-state index is 11.5. The molecule has 1 aromatic heterocycles. The highest BCUT2D eigenvalue weighted by molar-refractivity contribution is 7.13. The number of thiazole rings is 1. The summed E-state index contributed by atoms with van der Waals surface area (Å²) in [4.78, 5) is 16.3. The molecule has 0 aliphatic heterocycles. The summed E-state index contributed by atoms with van der Waals surface area (Å²) in [6.45, 7) is 4.50. The summed E-state index contributed by atoms with van der Waals surface area (Å²) in [7, 11) is 0. The average molecular weight is 214 g/mol. The molecule has 0 saturated carbocycles. The second kappa shape index (κ2) is 5.07. The number of hydrogen-bond donors (Lipinski definition) is 1. The molecular weight excluding hydrogens is 200 g/mol. The molecule has 0 saturated heterocycles. The second-order valence-electron chi connectivity index (χ2n) is 2.66. The predicted molar refractivity (Wildman–Crippen MR) is 55.3 cm³/mol. The summed E-state index contributed by atoms with van der Waals surface area (Å²) in [6.07, 6.45) is 0.727. The largest absolute Gasteiger partial charge is 0.462 e. The van der Waals surface area contributed by atoms with Gasteiger partial charge in [-0.05, 0) is 13.3 Å². The number of nitrogens with zero attached hydrogens (tertiary/aromatic N) is 1. The molecule has 0 aliphatic rings. The Labute approximate surface area is 87.1 Å². The molecule has 0 unspecified atom stereocenters. The number of aryl methyl sites for hydroxylation is 1. The number of carbonyl (C=O) groups excluding carboxylic acids is 1. The van der Waals surface area contributed by atoms with E-state index in [-0.39, 0.29) is 5.97 Å². The molecule has 0 bridgehead atoms. The van der Waals surface area contributed by atoms with Gasteiger partial charge in [-0.25, -0.2) is 9.78 Å². The Kier molecular flexibility index (Phi) is 4.03. The van der Waals surface area contributed by atoms with Gasteiger partial charge in [0.15, 0.2) is 0 Å². The molecule has 2 N–H and O–H groups in total. The minimum atomic E-state index is -0.290. The highest BCUT2D eigenvalue weighted by atomic mass is 32.1. The highest BCUT2D eigenvalue weighted by Gasteiger charge is 2.16. The van der Waals surface area contributed by atoms with E-state index in [1.807, 2.05) is 6.92 Å². The Balaban J connectivity index is 2.93. The van der Waals surface area contributed by atoms with E-state index in [1.165, 1.54) is 11.3 Å². The van der Waals surface area contributed by atoms with Crippen LogP contribution in [0.1, 0.15) is 34.2 Å². The number of ether oxygens (including phenoxy) is 1. The number of rotatable bonds is 4. The molecule has 1 heterocycles. The minimum Gasteiger partial charge on any atom is -0.462 e. The van der Waals surface area contributed by atoms with Crippen molar-refractivity contribution in [2.24, 2.45) is 5.73 Å². The predicted octanol–water partition coefficient (Wildman–Crippen LogP) is 1.34. The number of carbonyl (C=O) groups is 1. The summed E-state index contributed by atoms with van der Waals surface area (Å²) in [5.41, 5.74) is 6.24. The first-order chi connectivity index (χ1) is 6.72. The molecule has 14 heavy (non-hydrogen) atoms. The van der Waals surface area contributed by atoms with Crippen LogP contribution >= 0.6 is 11.3 Å². The average Bonchev–Trinajstić information content (AvgIpc) is 2.61. The van der Waals surface area contributed by atoms with E-state index in [2.05, 4.69) is 4.98 Å². The Morgan fingerprint density at radius 1 is 1.57 bits per heavy atom. The maximum absolute atomic E-state index is 11.5. The molecule has 0 radical (unpaired) electrons. The van der Waals surface area contributed by atoms with Crippen molar-refractivity contribution >= 4 is 17.3 Å². The minimum absolute atomic E-state index is 0.290. The Morgan fingerprint density at radius 2 is 2.29 bits per heavy atom. The molecule has 1 rings (SSSR count). The molecule has 0 amide bonds. The van der Waals surface area contributed by atoms with Crippen LogP contribution in [0.5, 0.6) is 0 Å². The summed E-state index contributed by atoms with van der Waals surface area (Å²) in [6, 6.07) is 0. The third-order valence-electron chi connectivity index (χ3n) is 1.71. The van der Waals surface area contributed by atoms with Gasteiger partial charge >= 0.3 is 5.97 Å². The van der Waals surface area contributed by atoms with Gasteiger partial charge < -0.3 is 10.5 Å². The number of hydrogen-bond acceptors (Lipinski definition) is 5. The first-order valence-electron chi connectivity index (χ1n) is 4.58. The van der Waals surface area contributed by atoms with Gasteiger partial charge in [0.1, 0.15) is 9.88 Å². The summed E-state index contributed by atoms with van der Waals surface area (Å²) in [5.74, 6) is -0.290. The van der Waals surface area contributed by atoms with Crippen molar-refractivity contribution in [3.05, 3.63) is 15.6 Å². The Morgan fingerprint density at radius 3 is 2.79 bits per heavy atom. The van der Waals surface area contributed by atoms with Crippen LogP contribution in [0.4, 0.5) is 0 Å². The summed E-state index contributed by atoms with van der Waals surface area (Å²) in [5, 5.41) is 0.782. The maximum Gasteiger partial charge on any atom is 0.350 e. The van der Waals surface area contributed by atoms with Crippen molar-refractivity contribution in [2.45, 2.75) is 26.8 Å². The standard InChI is InChI=1S/C9H14N2O2S/c1-3-6-8(9(12)13-4-2)14-7(5-10)11-6/h3-5,10H2,1-2H3. The van der Waals surface area contributed by atoms with Crippen LogP contribution in [0, 0.1) is 0 Å². The van der Waals surface area contributed by atoms with E-state index >= 15 is 0 Å². The number of esters is 1. The van der Waals surface area contributed by atoms with E-state index in [0.717, 1.165) is 17.1 Å². The van der Waals surface area contributed by atoms with E-state index in [9.17, 15) is 4.79 Å². The van der Waals surface area contributed by atoms with Crippen LogP contribution in [0.25, 0.3) is 0 Å². The zero-order valence-electron chi connectivity index (χ0n) is 8.37. The van der Waals surface area contributed by atoms with Gasteiger partial charge in [-0.1, -0.05) is 6.92 Å². The fourth-order valence-electron chi connectivity index (χ4n) is 1.08. The quantitative estimate of drug-likeness (QED) is 0.768. The second-order valence-corrected chi connectivity index (χ2v) is 3.75. The molecule has 0 aromatic carbocycles. The van der Waals surface area contributed by atoms with E-state index in [1.54, 1.807) is 6.92 Å². The zero-order chi connectivity index (χ0) is 10.6. The van der Waals surface area contributed by atoms with Crippen LogP contribution in [0.15, 0.2) is 0 Å². The van der Waals surface area contributed by atoms with E-state index < -0.39 is 0 Å². The Bertz CT molecular complexity index is 323. The lowest BCUT2D eigenvalue weighted by Gasteiger charge is -1.99. The summed E-state index contributed by atoms with van der Waals surface area (Å²) >= 11 is 1.32. The monoisotopic (exact) mass is 214 g/mol. The molecule has 4 nitrogen and oxygen atoms in total. The molecule has 78 valence electrons. The Hall–Kier alpha value is -0.940. The highest BCUT2D eigenvalue weighted by Crippen LogP contribution is 2.19. The number of nitrogens with two attached hydrogens (primary N) is 1. The van der Waals surface area contributed by atoms with Gasteiger partial charge in [-0.2, -0.15) is 0 Å². The third kappa shape index (κ3) is 2.30. The lowest BCUT2D eigenvalue weighted by Crippen LogP contribution is -2.05. The van der Waals surface area contributed by atoms with Crippen molar-refractivity contribution in [3.63, 3.8) is 0 Å². The smallest absolute Gasteiger partial charge is 0.350 e. The van der Waals surface area contributed by atoms with Gasteiger partial charge in [0.2, 0.25) is 0 Å². The first kappa shape index (κ1) is 11.1. The third-order valence-corrected chi connectivity index (χ3v) is 2.81. The number of aromatic nitrogens is 1. The van der Waals surface area contributed by atoms with Crippen LogP contribution in [0.2, 0.25) is 0 Å². The fraction of sp³-hybridized carbons (Fsp3) is 0.556. The topological polar surface area (TPSA) is 65.2 Å². The van der Waals surface area contributed by atoms with Gasteiger partial charge in [0, 0.05) is 6.54 Å². The summed E-state index contributed by atoms with van der Waals surface area (Å²) < 4.78 is 4.92. The van der Waals surface area contributed by atoms with Crippen LogP contribution < -0.4 is 5.73 Å². The van der Waals surface area contributed by atoms with Gasteiger partial charge in [0.05, 0.1) is 12.3 Å². The SMILES string of the molecule is CCOC(=O)c1sc(CN)nc1CC. The molecule has 0 atom stereocenters. The van der Waals surface area contributed by atoms with Crippen LogP contribution in [-0.2, 0) is 17.7 Å². The molecule has 0 fully saturated rings. The van der Waals surface area contributed by atoms with Crippen LogP contribution in [-0.4, -0.2) is 17.6 Å². The zero-order valence-corrected chi connectivity index (χ0v) is 9.19. The van der Waals surface area contributed by atoms with Crippen LogP contribution in [0.3, 0.4) is 0 Å². The van der Waals surface area contributed by atoms with Crippen molar-refractivity contribution in [3.8, 4) is 0 Å². The molecule has 0 spiro atoms. The lowest BCUT2D eigenvalue weighted by atomic mass is 10.3. The van der Waals surface area contributed by atoms with Gasteiger partial charge in [-0.15, -0.1) is 11.3 Å². The molecular formula is C9H14N2O2S. The van der Waals surface area contributed by atoms with Gasteiger partial charge in [0.25, 0.3) is 0 Å². The normalized spacial score (nSPS) is 10.2. The molecule has 5 heteroatoms.